The maximum absolute atomic E-state index is 13.5. The average Bonchev–Trinajstić information content (AvgIpc) is 2.86. The summed E-state index contributed by atoms with van der Waals surface area (Å²) in [4.78, 5) is 15.6. The molecule has 4 saturated carbocycles. The van der Waals surface area contributed by atoms with Crippen LogP contribution in [0.3, 0.4) is 0 Å². The lowest BCUT2D eigenvalue weighted by molar-refractivity contribution is -0.384. The minimum absolute atomic E-state index is 0.0108. The van der Waals surface area contributed by atoms with Gasteiger partial charge in [0, 0.05) is 29.2 Å². The largest absolute Gasteiger partial charge is 0.438 e. The van der Waals surface area contributed by atoms with Gasteiger partial charge >= 0.3 is 6.18 Å². The smallest absolute Gasteiger partial charge is 0.416 e. The first-order valence-corrected chi connectivity index (χ1v) is 12.9. The number of hydrogen-bond donors (Lipinski definition) is 1. The Kier molecular flexibility index (Phi) is 4.88. The van der Waals surface area contributed by atoms with E-state index in [1.165, 1.54) is 37.5 Å². The van der Waals surface area contributed by atoms with E-state index in [0.29, 0.717) is 34.4 Å². The number of fused-ring (bicyclic) bond motifs is 2. The molecule has 0 radical (unpaired) electrons. The van der Waals surface area contributed by atoms with Gasteiger partial charge in [-0.05, 0) is 74.0 Å². The molecule has 4 fully saturated rings. The highest BCUT2D eigenvalue weighted by molar-refractivity contribution is 5.58. The zero-order valence-electron chi connectivity index (χ0n) is 20.4. The van der Waals surface area contributed by atoms with Crippen LogP contribution >= 0.6 is 0 Å². The predicted molar refractivity (Wildman–Crippen MR) is 130 cm³/mol. The molecule has 5 aliphatic rings. The van der Waals surface area contributed by atoms with E-state index in [4.69, 9.17) is 4.74 Å². The second-order valence-corrected chi connectivity index (χ2v) is 11.5. The molecule has 2 heterocycles. The van der Waals surface area contributed by atoms with E-state index in [2.05, 4.69) is 4.98 Å². The molecule has 38 heavy (non-hydrogen) atoms. The number of nitrogens with zero attached hydrogens (tertiary/aromatic N) is 3. The minimum atomic E-state index is -4.56. The van der Waals surface area contributed by atoms with Gasteiger partial charge in [-0.15, -0.1) is 0 Å². The van der Waals surface area contributed by atoms with Crippen LogP contribution in [0.25, 0.3) is 0 Å². The molecule has 0 spiro atoms. The van der Waals surface area contributed by atoms with E-state index < -0.39 is 22.6 Å². The van der Waals surface area contributed by atoms with Gasteiger partial charge in [0.2, 0.25) is 5.88 Å². The van der Waals surface area contributed by atoms with Gasteiger partial charge in [0.25, 0.3) is 5.69 Å². The van der Waals surface area contributed by atoms with Crippen molar-refractivity contribution in [1.82, 2.24) is 9.55 Å². The summed E-state index contributed by atoms with van der Waals surface area (Å²) in [6, 6.07) is 9.33. The second kappa shape index (κ2) is 7.91. The first-order valence-electron chi connectivity index (χ1n) is 12.9. The van der Waals surface area contributed by atoms with Gasteiger partial charge in [0.1, 0.15) is 17.6 Å². The molecular formula is C28H25F3N4O3. The topological polar surface area (TPSA) is 94.0 Å². The van der Waals surface area contributed by atoms with Crippen molar-refractivity contribution < 1.29 is 22.8 Å². The average molecular weight is 523 g/mol. The van der Waals surface area contributed by atoms with Gasteiger partial charge < -0.3 is 9.30 Å². The van der Waals surface area contributed by atoms with E-state index in [9.17, 15) is 28.7 Å². The Labute approximate surface area is 215 Å². The molecule has 4 bridgehead atoms. The van der Waals surface area contributed by atoms with Crippen LogP contribution in [0.4, 0.5) is 18.9 Å². The Bertz CT molecular complexity index is 1510. The van der Waals surface area contributed by atoms with Gasteiger partial charge in [0.05, 0.1) is 16.1 Å². The van der Waals surface area contributed by atoms with Crippen LogP contribution in [0.1, 0.15) is 66.7 Å². The Balaban J connectivity index is 1.43. The highest BCUT2D eigenvalue weighted by atomic mass is 19.4. The Morgan fingerprint density at radius 1 is 1.05 bits per heavy atom. The van der Waals surface area contributed by atoms with Crippen LogP contribution in [-0.2, 0) is 11.7 Å². The van der Waals surface area contributed by atoms with Crippen molar-refractivity contribution in [1.29, 1.82) is 5.41 Å². The molecule has 2 aromatic carbocycles. The summed E-state index contributed by atoms with van der Waals surface area (Å²) in [5.74, 6) is 1.22. The van der Waals surface area contributed by atoms with Gasteiger partial charge in [0.15, 0.2) is 0 Å². The number of nitro groups is 1. The highest BCUT2D eigenvalue weighted by Gasteiger charge is 2.52. The number of benzene rings is 2. The molecule has 1 aliphatic heterocycles. The van der Waals surface area contributed by atoms with E-state index in [-0.39, 0.29) is 28.3 Å². The van der Waals surface area contributed by atoms with Gasteiger partial charge in [-0.3, -0.25) is 15.5 Å². The van der Waals surface area contributed by atoms with Crippen molar-refractivity contribution >= 4 is 5.69 Å². The quantitative estimate of drug-likeness (QED) is 0.245. The van der Waals surface area contributed by atoms with Crippen molar-refractivity contribution in [3.63, 3.8) is 0 Å². The number of halogens is 3. The summed E-state index contributed by atoms with van der Waals surface area (Å²) in [5, 5.41) is 21.0. The number of nitro benzene ring substituents is 1. The van der Waals surface area contributed by atoms with E-state index in [0.717, 1.165) is 31.4 Å². The summed E-state index contributed by atoms with van der Waals surface area (Å²) in [5.41, 5.74) is 0.362. The summed E-state index contributed by atoms with van der Waals surface area (Å²) < 4.78 is 48.4. The molecule has 0 saturated heterocycles. The first kappa shape index (κ1) is 23.4. The van der Waals surface area contributed by atoms with Crippen molar-refractivity contribution in [2.24, 2.45) is 17.8 Å². The molecule has 1 unspecified atom stereocenters. The third-order valence-corrected chi connectivity index (χ3v) is 9.10. The molecule has 10 heteroatoms. The molecule has 7 nitrogen and oxygen atoms in total. The number of ether oxygens (including phenoxy) is 1. The molecule has 8 rings (SSSR count). The molecular weight excluding hydrogens is 497 g/mol. The second-order valence-electron chi connectivity index (χ2n) is 11.5. The lowest BCUT2D eigenvalue weighted by Gasteiger charge is -2.57. The summed E-state index contributed by atoms with van der Waals surface area (Å²) in [6.07, 6.45) is 3.74. The van der Waals surface area contributed by atoms with Gasteiger partial charge in [-0.2, -0.15) is 13.2 Å². The zero-order valence-corrected chi connectivity index (χ0v) is 20.4. The fourth-order valence-electron chi connectivity index (χ4n) is 7.99. The number of alkyl halides is 3. The van der Waals surface area contributed by atoms with Crippen LogP contribution in [0.15, 0.2) is 48.8 Å². The normalized spacial score (nSPS) is 28.9. The lowest BCUT2D eigenvalue weighted by Crippen LogP contribution is -2.55. The Morgan fingerprint density at radius 3 is 2.37 bits per heavy atom. The van der Waals surface area contributed by atoms with Crippen LogP contribution < -0.4 is 10.2 Å². The fourth-order valence-corrected chi connectivity index (χ4v) is 7.99. The number of rotatable bonds is 3. The number of non-ortho nitro benzene ring substituents is 1. The molecule has 1 aromatic heterocycles. The van der Waals surface area contributed by atoms with Crippen molar-refractivity contribution in [2.45, 2.75) is 56.2 Å². The van der Waals surface area contributed by atoms with Crippen molar-refractivity contribution in [3.8, 4) is 11.6 Å². The third kappa shape index (κ3) is 3.49. The van der Waals surface area contributed by atoms with E-state index in [1.807, 2.05) is 4.57 Å². The van der Waals surface area contributed by atoms with Gasteiger partial charge in [-0.1, -0.05) is 18.2 Å². The maximum Gasteiger partial charge on any atom is 0.416 e. The predicted octanol–water partition coefficient (Wildman–Crippen LogP) is 6.50. The van der Waals surface area contributed by atoms with Crippen molar-refractivity contribution in [2.75, 3.05) is 0 Å². The third-order valence-electron chi connectivity index (χ3n) is 9.10. The summed E-state index contributed by atoms with van der Waals surface area (Å²) in [6.45, 7) is 0. The van der Waals surface area contributed by atoms with Crippen molar-refractivity contribution in [3.05, 3.63) is 86.6 Å². The first-order chi connectivity index (χ1) is 18.1. The standard InChI is InChI=1S/C28H25F3N4O3/c29-28(30,31)19-4-5-21-22(10-19)38-26-24(23(21)18-2-1-3-20(9-18)35(36)37)25(32)34(14-33-26)27-11-15-6-16(12-27)8-17(7-15)13-27/h1-5,9-10,14-17,23,32H,6-8,11-13H2. The van der Waals surface area contributed by atoms with E-state index >= 15 is 0 Å². The SMILES string of the molecule is N=c1c2c(ncn1C13CC4CC(CC(C4)C1)C3)Oc1cc(C(F)(F)F)ccc1C2c1cccc([N+](=O)[O-])c1. The molecule has 196 valence electrons. The molecule has 1 atom stereocenters. The number of aromatic nitrogens is 2. The molecule has 1 N–H and O–H groups in total. The Hall–Kier alpha value is -3.69. The number of hydrogen-bond acceptors (Lipinski definition) is 5. The van der Waals surface area contributed by atoms with E-state index in [1.54, 1.807) is 18.5 Å². The van der Waals surface area contributed by atoms with Crippen LogP contribution in [0.2, 0.25) is 0 Å². The van der Waals surface area contributed by atoms with Crippen LogP contribution in [-0.4, -0.2) is 14.5 Å². The lowest BCUT2D eigenvalue weighted by atomic mass is 9.53. The minimum Gasteiger partial charge on any atom is -0.438 e. The fraction of sp³-hybridized carbons (Fsp3) is 0.429. The Morgan fingerprint density at radius 2 is 1.74 bits per heavy atom. The summed E-state index contributed by atoms with van der Waals surface area (Å²) in [7, 11) is 0. The highest BCUT2D eigenvalue weighted by Crippen LogP contribution is 2.58. The molecule has 4 aliphatic carbocycles. The van der Waals surface area contributed by atoms with Crippen LogP contribution in [0.5, 0.6) is 11.6 Å². The molecule has 0 amide bonds. The molecule has 3 aromatic rings. The van der Waals surface area contributed by atoms with Crippen LogP contribution in [0, 0.1) is 33.3 Å². The number of nitrogens with one attached hydrogen (secondary N) is 1. The monoisotopic (exact) mass is 522 g/mol. The van der Waals surface area contributed by atoms with Gasteiger partial charge in [-0.25, -0.2) is 4.98 Å². The maximum atomic E-state index is 13.5. The zero-order chi connectivity index (χ0) is 26.4. The summed E-state index contributed by atoms with van der Waals surface area (Å²) >= 11 is 0.